The average Bonchev–Trinajstić information content (AvgIpc) is 2.60. The van der Waals surface area contributed by atoms with E-state index in [4.69, 9.17) is 4.74 Å². The second kappa shape index (κ2) is 8.63. The van der Waals surface area contributed by atoms with E-state index in [1.807, 2.05) is 13.8 Å². The summed E-state index contributed by atoms with van der Waals surface area (Å²) in [5, 5.41) is 0. The molecule has 0 atom stereocenters. The van der Waals surface area contributed by atoms with Gasteiger partial charge in [0.1, 0.15) is 5.75 Å². The summed E-state index contributed by atoms with van der Waals surface area (Å²) in [7, 11) is -7.39. The molecule has 0 aliphatic carbocycles. The van der Waals surface area contributed by atoms with Gasteiger partial charge in [-0.25, -0.2) is 26.3 Å². The first-order valence-corrected chi connectivity index (χ1v) is 11.0. The van der Waals surface area contributed by atoms with Crippen LogP contribution in [0.1, 0.15) is 12.5 Å². The highest BCUT2D eigenvalue weighted by molar-refractivity contribution is 7.89. The molecule has 0 spiro atoms. The molecule has 7 nitrogen and oxygen atoms in total. The molecule has 2 aromatic carbocycles. The lowest BCUT2D eigenvalue weighted by atomic mass is 10.2. The molecule has 0 heterocycles. The van der Waals surface area contributed by atoms with Crippen molar-refractivity contribution in [1.82, 2.24) is 9.44 Å². The Balaban J connectivity index is 1.90. The van der Waals surface area contributed by atoms with E-state index in [9.17, 15) is 16.8 Å². The highest BCUT2D eigenvalue weighted by Gasteiger charge is 2.16. The number of aryl methyl sites for hydroxylation is 1. The van der Waals surface area contributed by atoms with Gasteiger partial charge in [-0.1, -0.05) is 17.7 Å². The Labute approximate surface area is 154 Å². The van der Waals surface area contributed by atoms with Crippen molar-refractivity contribution in [2.24, 2.45) is 0 Å². The first-order valence-electron chi connectivity index (χ1n) is 8.03. The molecular formula is C17H22N2O5S2. The van der Waals surface area contributed by atoms with E-state index in [-0.39, 0.29) is 22.9 Å². The van der Waals surface area contributed by atoms with E-state index in [1.54, 1.807) is 24.3 Å². The molecule has 0 saturated heterocycles. The number of benzene rings is 2. The van der Waals surface area contributed by atoms with Gasteiger partial charge in [-0.15, -0.1) is 0 Å². The normalized spacial score (nSPS) is 12.1. The predicted octanol–water partition coefficient (Wildman–Crippen LogP) is 1.65. The van der Waals surface area contributed by atoms with Crippen molar-refractivity contribution in [3.8, 4) is 5.75 Å². The van der Waals surface area contributed by atoms with Gasteiger partial charge >= 0.3 is 0 Å². The Morgan fingerprint density at radius 3 is 1.62 bits per heavy atom. The molecule has 0 aliphatic rings. The Morgan fingerprint density at radius 1 is 0.769 bits per heavy atom. The summed E-state index contributed by atoms with van der Waals surface area (Å²) in [6.07, 6.45) is 0. The fourth-order valence-corrected chi connectivity index (χ4v) is 4.20. The Hall–Kier alpha value is -1.94. The maximum Gasteiger partial charge on any atom is 0.240 e. The molecule has 0 saturated carbocycles. The van der Waals surface area contributed by atoms with Crippen LogP contribution in [-0.4, -0.2) is 36.5 Å². The van der Waals surface area contributed by atoms with Gasteiger partial charge in [0.2, 0.25) is 20.0 Å². The molecule has 0 aliphatic heterocycles. The number of hydrogen-bond acceptors (Lipinski definition) is 5. The van der Waals surface area contributed by atoms with Crippen LogP contribution < -0.4 is 14.2 Å². The minimum atomic E-state index is -3.72. The van der Waals surface area contributed by atoms with Crippen LogP contribution >= 0.6 is 0 Å². The maximum absolute atomic E-state index is 12.2. The van der Waals surface area contributed by atoms with Crippen LogP contribution in [-0.2, 0) is 20.0 Å². The lowest BCUT2D eigenvalue weighted by molar-refractivity contribution is 0.340. The van der Waals surface area contributed by atoms with Crippen molar-refractivity contribution >= 4 is 20.0 Å². The smallest absolute Gasteiger partial charge is 0.240 e. The van der Waals surface area contributed by atoms with Gasteiger partial charge in [-0.05, 0) is 50.2 Å². The lowest BCUT2D eigenvalue weighted by Gasteiger charge is -2.10. The van der Waals surface area contributed by atoms with Crippen LogP contribution in [0.5, 0.6) is 5.75 Å². The zero-order chi connectivity index (χ0) is 19.2. The van der Waals surface area contributed by atoms with E-state index >= 15 is 0 Å². The molecule has 2 rings (SSSR count). The molecular weight excluding hydrogens is 376 g/mol. The monoisotopic (exact) mass is 398 g/mol. The number of nitrogens with one attached hydrogen (secondary N) is 2. The van der Waals surface area contributed by atoms with E-state index in [2.05, 4.69) is 9.44 Å². The third kappa shape index (κ3) is 5.53. The maximum atomic E-state index is 12.2. The molecule has 26 heavy (non-hydrogen) atoms. The second-order valence-electron chi connectivity index (χ2n) is 5.51. The second-order valence-corrected chi connectivity index (χ2v) is 9.05. The fourth-order valence-electron chi connectivity index (χ4n) is 2.14. The van der Waals surface area contributed by atoms with Gasteiger partial charge in [0.15, 0.2) is 0 Å². The quantitative estimate of drug-likeness (QED) is 0.626. The van der Waals surface area contributed by atoms with E-state index in [0.29, 0.717) is 12.4 Å². The molecule has 2 aromatic rings. The van der Waals surface area contributed by atoms with Crippen molar-refractivity contribution in [2.45, 2.75) is 23.6 Å². The number of sulfonamides is 2. The molecule has 0 unspecified atom stereocenters. The fraction of sp³-hybridized carbons (Fsp3) is 0.294. The summed E-state index contributed by atoms with van der Waals surface area (Å²) < 4.78 is 58.7. The van der Waals surface area contributed by atoms with Gasteiger partial charge in [0, 0.05) is 13.1 Å². The molecule has 0 amide bonds. The summed E-state index contributed by atoms with van der Waals surface area (Å²) in [4.78, 5) is 0.222. The molecule has 0 fully saturated rings. The van der Waals surface area contributed by atoms with Crippen LogP contribution in [0.2, 0.25) is 0 Å². The third-order valence-electron chi connectivity index (χ3n) is 3.49. The number of rotatable bonds is 9. The van der Waals surface area contributed by atoms with Crippen LogP contribution in [0.15, 0.2) is 58.3 Å². The highest BCUT2D eigenvalue weighted by Crippen LogP contribution is 2.15. The Bertz CT molecular complexity index is 922. The topological polar surface area (TPSA) is 102 Å². The van der Waals surface area contributed by atoms with Crippen LogP contribution in [0, 0.1) is 6.92 Å². The predicted molar refractivity (Wildman–Crippen MR) is 99.2 cm³/mol. The highest BCUT2D eigenvalue weighted by atomic mass is 32.2. The molecule has 2 N–H and O–H groups in total. The molecule has 9 heteroatoms. The summed E-state index contributed by atoms with van der Waals surface area (Å²) in [6, 6.07) is 12.4. The van der Waals surface area contributed by atoms with Crippen LogP contribution in [0.3, 0.4) is 0 Å². The van der Waals surface area contributed by atoms with Crippen LogP contribution in [0.25, 0.3) is 0 Å². The summed E-state index contributed by atoms with van der Waals surface area (Å²) in [6.45, 7) is 4.06. The number of hydrogen-bond donors (Lipinski definition) is 2. The van der Waals surface area contributed by atoms with Crippen molar-refractivity contribution in [3.05, 3.63) is 54.1 Å². The third-order valence-corrected chi connectivity index (χ3v) is 6.44. The van der Waals surface area contributed by atoms with Gasteiger partial charge < -0.3 is 4.74 Å². The Kier molecular flexibility index (Phi) is 6.76. The van der Waals surface area contributed by atoms with E-state index < -0.39 is 20.0 Å². The minimum absolute atomic E-state index is 0.0630. The van der Waals surface area contributed by atoms with E-state index in [1.165, 1.54) is 24.3 Å². The van der Waals surface area contributed by atoms with Crippen molar-refractivity contribution in [1.29, 1.82) is 0 Å². The van der Waals surface area contributed by atoms with Crippen molar-refractivity contribution in [2.75, 3.05) is 19.7 Å². The molecule has 0 aromatic heterocycles. The SMILES string of the molecule is CCOc1ccc(S(=O)(=O)NCCNS(=O)(=O)c2ccc(C)cc2)cc1. The van der Waals surface area contributed by atoms with Gasteiger partial charge in [0.05, 0.1) is 16.4 Å². The summed E-state index contributed by atoms with van der Waals surface area (Å²) >= 11 is 0. The Morgan fingerprint density at radius 2 is 1.19 bits per heavy atom. The molecule has 0 radical (unpaired) electrons. The largest absolute Gasteiger partial charge is 0.494 e. The zero-order valence-corrected chi connectivity index (χ0v) is 16.2. The lowest BCUT2D eigenvalue weighted by Crippen LogP contribution is -2.34. The van der Waals surface area contributed by atoms with Crippen molar-refractivity contribution < 1.29 is 21.6 Å². The zero-order valence-electron chi connectivity index (χ0n) is 14.6. The summed E-state index contributed by atoms with van der Waals surface area (Å²) in [5.41, 5.74) is 0.951. The first kappa shape index (κ1) is 20.4. The standard InChI is InChI=1S/C17H22N2O5S2/c1-3-24-15-6-10-17(11-7-15)26(22,23)19-13-12-18-25(20,21)16-8-4-14(2)5-9-16/h4-11,18-19H,3,12-13H2,1-2H3. The van der Waals surface area contributed by atoms with Crippen molar-refractivity contribution in [3.63, 3.8) is 0 Å². The molecule has 0 bridgehead atoms. The van der Waals surface area contributed by atoms with Gasteiger partial charge in [-0.2, -0.15) is 0 Å². The minimum Gasteiger partial charge on any atom is -0.494 e. The van der Waals surface area contributed by atoms with E-state index in [0.717, 1.165) is 5.56 Å². The average molecular weight is 399 g/mol. The first-order chi connectivity index (χ1) is 12.2. The van der Waals surface area contributed by atoms with Gasteiger partial charge in [-0.3, -0.25) is 0 Å². The molecule has 142 valence electrons. The van der Waals surface area contributed by atoms with Crippen LogP contribution in [0.4, 0.5) is 0 Å². The van der Waals surface area contributed by atoms with Gasteiger partial charge in [0.25, 0.3) is 0 Å². The summed E-state index contributed by atoms with van der Waals surface area (Å²) in [5.74, 6) is 0.581. The number of ether oxygens (including phenoxy) is 1.